The molecule has 2 N–H and O–H groups in total. The Morgan fingerprint density at radius 3 is 2.80 bits per heavy atom. The van der Waals surface area contributed by atoms with Crippen molar-refractivity contribution < 1.29 is 19.8 Å². The van der Waals surface area contributed by atoms with Crippen LogP contribution >= 0.6 is 0 Å². The second-order valence-corrected chi connectivity index (χ2v) is 5.38. The van der Waals surface area contributed by atoms with Gasteiger partial charge in [0.25, 0.3) is 5.91 Å². The number of hydrogen-bond acceptors (Lipinski definition) is 4. The normalized spacial score (nSPS) is 23.2. The van der Waals surface area contributed by atoms with E-state index < -0.39 is 11.6 Å². The molecule has 0 bridgehead atoms. The average molecular weight is 278 g/mol. The molecule has 2 rings (SSSR count). The van der Waals surface area contributed by atoms with Crippen LogP contribution in [0.4, 0.5) is 0 Å². The van der Waals surface area contributed by atoms with Crippen molar-refractivity contribution in [1.82, 2.24) is 9.88 Å². The Morgan fingerprint density at radius 1 is 1.35 bits per heavy atom. The smallest absolute Gasteiger partial charge is 0.354 e. The average Bonchev–Trinajstić information content (AvgIpc) is 2.59. The molecule has 1 aliphatic heterocycles. The number of aromatic nitrogens is 1. The Labute approximate surface area is 117 Å². The lowest BCUT2D eigenvalue weighted by molar-refractivity contribution is 0.0437. The van der Waals surface area contributed by atoms with Crippen molar-refractivity contribution in [3.05, 3.63) is 29.6 Å². The highest BCUT2D eigenvalue weighted by Crippen LogP contribution is 2.22. The van der Waals surface area contributed by atoms with E-state index in [4.69, 9.17) is 5.11 Å². The summed E-state index contributed by atoms with van der Waals surface area (Å²) in [6.45, 7) is 2.81. The lowest BCUT2D eigenvalue weighted by Gasteiger charge is -2.22. The zero-order valence-electron chi connectivity index (χ0n) is 11.4. The van der Waals surface area contributed by atoms with Crippen LogP contribution in [-0.2, 0) is 0 Å². The van der Waals surface area contributed by atoms with Gasteiger partial charge in [-0.05, 0) is 38.3 Å². The highest BCUT2D eigenvalue weighted by atomic mass is 16.4. The summed E-state index contributed by atoms with van der Waals surface area (Å²) in [5.41, 5.74) is -0.559. The molecule has 1 amide bonds. The van der Waals surface area contributed by atoms with Crippen molar-refractivity contribution >= 4 is 11.9 Å². The van der Waals surface area contributed by atoms with Gasteiger partial charge < -0.3 is 15.1 Å². The second kappa shape index (κ2) is 5.58. The van der Waals surface area contributed by atoms with Gasteiger partial charge >= 0.3 is 5.97 Å². The van der Waals surface area contributed by atoms with Gasteiger partial charge in [0.1, 0.15) is 5.69 Å². The number of pyridine rings is 1. The molecule has 1 aromatic rings. The first kappa shape index (κ1) is 14.5. The fourth-order valence-corrected chi connectivity index (χ4v) is 2.33. The number of hydrogen-bond donors (Lipinski definition) is 2. The number of likely N-dealkylation sites (tertiary alicyclic amines) is 1. The summed E-state index contributed by atoms with van der Waals surface area (Å²) in [5, 5.41) is 18.9. The van der Waals surface area contributed by atoms with Crippen LogP contribution in [0.3, 0.4) is 0 Å². The van der Waals surface area contributed by atoms with Crippen LogP contribution in [0.1, 0.15) is 47.0 Å². The van der Waals surface area contributed by atoms with Crippen molar-refractivity contribution in [2.24, 2.45) is 0 Å². The van der Waals surface area contributed by atoms with Crippen LogP contribution in [0.2, 0.25) is 0 Å². The maximum absolute atomic E-state index is 12.4. The molecule has 20 heavy (non-hydrogen) atoms. The zero-order chi connectivity index (χ0) is 14.8. The van der Waals surface area contributed by atoms with Gasteiger partial charge in [0, 0.05) is 24.8 Å². The van der Waals surface area contributed by atoms with E-state index in [1.165, 1.54) is 18.3 Å². The van der Waals surface area contributed by atoms with Crippen LogP contribution in [-0.4, -0.2) is 50.7 Å². The highest BCUT2D eigenvalue weighted by molar-refractivity contribution is 5.96. The van der Waals surface area contributed by atoms with Crippen molar-refractivity contribution in [3.63, 3.8) is 0 Å². The monoisotopic (exact) mass is 278 g/mol. The zero-order valence-corrected chi connectivity index (χ0v) is 11.4. The van der Waals surface area contributed by atoms with E-state index >= 15 is 0 Å². The molecule has 1 fully saturated rings. The minimum Gasteiger partial charge on any atom is -0.477 e. The SMILES string of the molecule is CC1(O)CCCN(C(=O)c2ccnc(C(=O)O)c2)CC1. The van der Waals surface area contributed by atoms with E-state index in [0.29, 0.717) is 31.5 Å². The summed E-state index contributed by atoms with van der Waals surface area (Å²) in [6.07, 6.45) is 3.24. The third-order valence-corrected chi connectivity index (χ3v) is 3.58. The number of carbonyl (C=O) groups excluding carboxylic acids is 1. The number of carboxylic acids is 1. The van der Waals surface area contributed by atoms with Gasteiger partial charge in [0.05, 0.1) is 5.60 Å². The van der Waals surface area contributed by atoms with Gasteiger partial charge in [-0.3, -0.25) is 4.79 Å². The molecule has 1 unspecified atom stereocenters. The molecule has 1 saturated heterocycles. The van der Waals surface area contributed by atoms with Crippen LogP contribution in [0.5, 0.6) is 0 Å². The molecule has 1 aromatic heterocycles. The molecule has 6 heteroatoms. The summed E-state index contributed by atoms with van der Waals surface area (Å²) >= 11 is 0. The van der Waals surface area contributed by atoms with Crippen LogP contribution in [0, 0.1) is 0 Å². The summed E-state index contributed by atoms with van der Waals surface area (Å²) in [4.78, 5) is 28.6. The summed E-state index contributed by atoms with van der Waals surface area (Å²) in [5.74, 6) is -1.37. The quantitative estimate of drug-likeness (QED) is 0.847. The third-order valence-electron chi connectivity index (χ3n) is 3.58. The van der Waals surface area contributed by atoms with E-state index in [2.05, 4.69) is 4.98 Å². The molecule has 1 aliphatic rings. The molecule has 0 aliphatic carbocycles. The third kappa shape index (κ3) is 3.33. The first-order chi connectivity index (χ1) is 9.39. The number of nitrogens with zero attached hydrogens (tertiary/aromatic N) is 2. The van der Waals surface area contributed by atoms with Crippen molar-refractivity contribution in [2.75, 3.05) is 13.1 Å². The first-order valence-corrected chi connectivity index (χ1v) is 6.60. The fourth-order valence-electron chi connectivity index (χ4n) is 2.33. The lowest BCUT2D eigenvalue weighted by Crippen LogP contribution is -2.33. The second-order valence-electron chi connectivity index (χ2n) is 5.38. The molecule has 1 atom stereocenters. The van der Waals surface area contributed by atoms with Crippen LogP contribution in [0.25, 0.3) is 0 Å². The number of aliphatic hydroxyl groups is 1. The molecule has 0 spiro atoms. The van der Waals surface area contributed by atoms with Gasteiger partial charge in [-0.1, -0.05) is 0 Å². The maximum atomic E-state index is 12.4. The Hall–Kier alpha value is -1.95. The lowest BCUT2D eigenvalue weighted by atomic mass is 9.98. The molecule has 0 aromatic carbocycles. The van der Waals surface area contributed by atoms with Crippen molar-refractivity contribution in [3.8, 4) is 0 Å². The maximum Gasteiger partial charge on any atom is 0.354 e. The largest absolute Gasteiger partial charge is 0.477 e. The Balaban J connectivity index is 2.15. The van der Waals surface area contributed by atoms with Gasteiger partial charge in [0.2, 0.25) is 0 Å². The Bertz CT molecular complexity index is 528. The molecule has 6 nitrogen and oxygen atoms in total. The molecule has 0 radical (unpaired) electrons. The summed E-state index contributed by atoms with van der Waals surface area (Å²) in [7, 11) is 0. The number of aromatic carboxylic acids is 1. The van der Waals surface area contributed by atoms with Crippen LogP contribution < -0.4 is 0 Å². The van der Waals surface area contributed by atoms with Crippen molar-refractivity contribution in [2.45, 2.75) is 31.8 Å². The van der Waals surface area contributed by atoms with Crippen LogP contribution in [0.15, 0.2) is 18.3 Å². The summed E-state index contributed by atoms with van der Waals surface area (Å²) < 4.78 is 0. The molecular weight excluding hydrogens is 260 g/mol. The predicted molar refractivity (Wildman–Crippen MR) is 71.6 cm³/mol. The van der Waals surface area contributed by atoms with E-state index in [1.54, 1.807) is 11.8 Å². The van der Waals surface area contributed by atoms with Gasteiger partial charge in [-0.25, -0.2) is 9.78 Å². The predicted octanol–water partition coefficient (Wildman–Crippen LogP) is 1.16. The number of amides is 1. The van der Waals surface area contributed by atoms with Crippen molar-refractivity contribution in [1.29, 1.82) is 0 Å². The standard InChI is InChI=1S/C14H18N2O4/c1-14(20)4-2-7-16(8-5-14)12(17)10-3-6-15-11(9-10)13(18)19/h3,6,9,20H,2,4-5,7-8H2,1H3,(H,18,19). The van der Waals surface area contributed by atoms with E-state index in [9.17, 15) is 14.7 Å². The summed E-state index contributed by atoms with van der Waals surface area (Å²) in [6, 6.07) is 2.80. The molecule has 0 saturated carbocycles. The molecular formula is C14H18N2O4. The number of carboxylic acid groups (broad SMARTS) is 1. The highest BCUT2D eigenvalue weighted by Gasteiger charge is 2.27. The van der Waals surface area contributed by atoms with Gasteiger partial charge in [-0.15, -0.1) is 0 Å². The van der Waals surface area contributed by atoms with Gasteiger partial charge in [0.15, 0.2) is 0 Å². The molecule has 2 heterocycles. The molecule has 108 valence electrons. The first-order valence-electron chi connectivity index (χ1n) is 6.60. The Morgan fingerprint density at radius 2 is 2.10 bits per heavy atom. The minimum atomic E-state index is -1.15. The van der Waals surface area contributed by atoms with E-state index in [-0.39, 0.29) is 11.6 Å². The topological polar surface area (TPSA) is 90.7 Å². The fraction of sp³-hybridized carbons (Fsp3) is 0.500. The van der Waals surface area contributed by atoms with E-state index in [0.717, 1.165) is 6.42 Å². The van der Waals surface area contributed by atoms with E-state index in [1.807, 2.05) is 0 Å². The van der Waals surface area contributed by atoms with Gasteiger partial charge in [-0.2, -0.15) is 0 Å². The number of carbonyl (C=O) groups is 2. The number of rotatable bonds is 2. The Kier molecular flexibility index (Phi) is 4.04. The minimum absolute atomic E-state index is 0.141.